The molecule has 0 aliphatic heterocycles. The number of benzene rings is 1. The summed E-state index contributed by atoms with van der Waals surface area (Å²) in [6, 6.07) is 9.93. The lowest BCUT2D eigenvalue weighted by molar-refractivity contribution is -0.132. The molecule has 2 rings (SSSR count). The Kier molecular flexibility index (Phi) is 5.14. The van der Waals surface area contributed by atoms with Gasteiger partial charge in [-0.25, -0.2) is 4.39 Å². The van der Waals surface area contributed by atoms with Crippen molar-refractivity contribution in [3.8, 4) is 5.75 Å². The molecule has 0 atom stereocenters. The third-order valence-corrected chi connectivity index (χ3v) is 4.24. The molecule has 0 bridgehead atoms. The number of carbonyl (C=O) groups is 1. The number of hydrogen-bond acceptors (Lipinski definition) is 3. The van der Waals surface area contributed by atoms with Crippen molar-refractivity contribution in [3.63, 3.8) is 0 Å². The Morgan fingerprint density at radius 2 is 2.10 bits per heavy atom. The van der Waals surface area contributed by atoms with Crippen LogP contribution in [0.3, 0.4) is 0 Å². The molecule has 6 heteroatoms. The molecule has 20 heavy (non-hydrogen) atoms. The molecule has 0 radical (unpaired) electrons. The topological polar surface area (TPSA) is 29.5 Å². The molecule has 1 heterocycles. The Hall–Kier alpha value is -1.40. The van der Waals surface area contributed by atoms with E-state index in [1.54, 1.807) is 35.4 Å². The average Bonchev–Trinajstić information content (AvgIpc) is 2.82. The summed E-state index contributed by atoms with van der Waals surface area (Å²) in [6.07, 6.45) is 0. The van der Waals surface area contributed by atoms with E-state index in [0.717, 1.165) is 8.66 Å². The summed E-state index contributed by atoms with van der Waals surface area (Å²) in [5.74, 6) is -0.573. The molecule has 0 fully saturated rings. The predicted molar refractivity (Wildman–Crippen MR) is 80.4 cm³/mol. The smallest absolute Gasteiger partial charge is 0.260 e. The molecule has 0 unspecified atom stereocenters. The Morgan fingerprint density at radius 3 is 2.75 bits per heavy atom. The van der Waals surface area contributed by atoms with E-state index >= 15 is 0 Å². The van der Waals surface area contributed by atoms with Gasteiger partial charge in [0.25, 0.3) is 5.91 Å². The largest absolute Gasteiger partial charge is 0.481 e. The lowest BCUT2D eigenvalue weighted by Crippen LogP contribution is -2.30. The number of rotatable bonds is 5. The minimum absolute atomic E-state index is 0.0909. The first-order valence-corrected chi connectivity index (χ1v) is 7.52. The SMILES string of the molecule is CN(Cc1ccc(Br)s1)C(=O)COc1ccccc1F. The molecule has 0 aliphatic carbocycles. The number of halogens is 2. The molecule has 0 spiro atoms. The first-order chi connectivity index (χ1) is 9.56. The predicted octanol–water partition coefficient (Wildman–Crippen LogP) is 3.69. The zero-order chi connectivity index (χ0) is 14.5. The highest BCUT2D eigenvalue weighted by atomic mass is 79.9. The van der Waals surface area contributed by atoms with Crippen LogP contribution < -0.4 is 4.74 Å². The molecule has 0 aliphatic rings. The van der Waals surface area contributed by atoms with Crippen LogP contribution in [0.2, 0.25) is 0 Å². The van der Waals surface area contributed by atoms with E-state index in [0.29, 0.717) is 6.54 Å². The first-order valence-electron chi connectivity index (χ1n) is 5.92. The lowest BCUT2D eigenvalue weighted by atomic mass is 10.3. The van der Waals surface area contributed by atoms with Crippen molar-refractivity contribution in [2.24, 2.45) is 0 Å². The molecule has 3 nitrogen and oxygen atoms in total. The van der Waals surface area contributed by atoms with Crippen molar-refractivity contribution in [1.29, 1.82) is 0 Å². The monoisotopic (exact) mass is 357 g/mol. The van der Waals surface area contributed by atoms with Gasteiger partial charge in [0.2, 0.25) is 0 Å². The molecular formula is C14H13BrFNO2S. The maximum atomic E-state index is 13.3. The van der Waals surface area contributed by atoms with Gasteiger partial charge in [0.05, 0.1) is 10.3 Å². The molecule has 1 aromatic carbocycles. The quantitative estimate of drug-likeness (QED) is 0.816. The fourth-order valence-corrected chi connectivity index (χ4v) is 3.11. The van der Waals surface area contributed by atoms with Crippen LogP contribution in [0, 0.1) is 5.82 Å². The van der Waals surface area contributed by atoms with Gasteiger partial charge < -0.3 is 9.64 Å². The number of likely N-dealkylation sites (N-methyl/N-ethyl adjacent to an activating group) is 1. The van der Waals surface area contributed by atoms with Crippen molar-refractivity contribution in [2.75, 3.05) is 13.7 Å². The zero-order valence-corrected chi connectivity index (χ0v) is 13.2. The molecular weight excluding hydrogens is 345 g/mol. The highest BCUT2D eigenvalue weighted by molar-refractivity contribution is 9.11. The Labute approximate surface area is 129 Å². The summed E-state index contributed by atoms with van der Waals surface area (Å²) in [6.45, 7) is 0.333. The van der Waals surface area contributed by atoms with Crippen molar-refractivity contribution in [2.45, 2.75) is 6.54 Å². The van der Waals surface area contributed by atoms with Crippen molar-refractivity contribution < 1.29 is 13.9 Å². The number of amides is 1. The van der Waals surface area contributed by atoms with Crippen LogP contribution in [-0.4, -0.2) is 24.5 Å². The summed E-state index contributed by atoms with van der Waals surface area (Å²) in [4.78, 5) is 14.5. The van der Waals surface area contributed by atoms with Gasteiger partial charge in [0, 0.05) is 11.9 Å². The van der Waals surface area contributed by atoms with Crippen LogP contribution in [0.1, 0.15) is 4.88 Å². The van der Waals surface area contributed by atoms with Gasteiger partial charge in [-0.1, -0.05) is 12.1 Å². The molecule has 2 aromatic rings. The number of nitrogens with zero attached hydrogens (tertiary/aromatic N) is 1. The number of thiophene rings is 1. The Bertz CT molecular complexity index is 602. The highest BCUT2D eigenvalue weighted by Gasteiger charge is 2.12. The summed E-state index contributed by atoms with van der Waals surface area (Å²) in [5, 5.41) is 0. The molecule has 1 amide bonds. The van der Waals surface area contributed by atoms with Crippen LogP contribution in [0.15, 0.2) is 40.2 Å². The summed E-state index contributed by atoms with van der Waals surface area (Å²) in [5.41, 5.74) is 0. The molecule has 0 N–H and O–H groups in total. The van der Waals surface area contributed by atoms with Crippen LogP contribution >= 0.6 is 27.3 Å². The number of para-hydroxylation sites is 1. The molecule has 0 saturated carbocycles. The summed E-state index contributed by atoms with van der Waals surface area (Å²) in [7, 11) is 1.70. The third-order valence-electron chi connectivity index (χ3n) is 2.64. The second-order valence-corrected chi connectivity index (χ2v) is 6.72. The van der Waals surface area contributed by atoms with Gasteiger partial charge in [-0.3, -0.25) is 4.79 Å². The highest BCUT2D eigenvalue weighted by Crippen LogP contribution is 2.23. The zero-order valence-electron chi connectivity index (χ0n) is 10.8. The van der Waals surface area contributed by atoms with Gasteiger partial charge in [-0.2, -0.15) is 0 Å². The van der Waals surface area contributed by atoms with Crippen LogP contribution in [0.25, 0.3) is 0 Å². The van der Waals surface area contributed by atoms with Crippen LogP contribution in [-0.2, 0) is 11.3 Å². The maximum Gasteiger partial charge on any atom is 0.260 e. The van der Waals surface area contributed by atoms with Gasteiger partial charge in [-0.05, 0) is 40.2 Å². The van der Waals surface area contributed by atoms with Crippen LogP contribution in [0.4, 0.5) is 4.39 Å². The van der Waals surface area contributed by atoms with Gasteiger partial charge >= 0.3 is 0 Å². The van der Waals surface area contributed by atoms with Gasteiger partial charge in [0.15, 0.2) is 18.2 Å². The van der Waals surface area contributed by atoms with Crippen molar-refractivity contribution in [1.82, 2.24) is 4.90 Å². The van der Waals surface area contributed by atoms with Crippen LogP contribution in [0.5, 0.6) is 5.75 Å². The van der Waals surface area contributed by atoms with E-state index < -0.39 is 5.82 Å². The van der Waals surface area contributed by atoms with Crippen molar-refractivity contribution >= 4 is 33.2 Å². The fraction of sp³-hybridized carbons (Fsp3) is 0.214. The first kappa shape index (κ1) is 15.0. The Morgan fingerprint density at radius 1 is 1.35 bits per heavy atom. The molecule has 0 saturated heterocycles. The molecule has 106 valence electrons. The van der Waals surface area contributed by atoms with Gasteiger partial charge in [-0.15, -0.1) is 11.3 Å². The average molecular weight is 358 g/mol. The molecule has 1 aromatic heterocycles. The standard InChI is InChI=1S/C14H13BrFNO2S/c1-17(8-10-6-7-13(15)20-10)14(18)9-19-12-5-3-2-4-11(12)16/h2-7H,8-9H2,1H3. The number of ether oxygens (including phenoxy) is 1. The van der Waals surface area contributed by atoms with E-state index in [1.165, 1.54) is 12.1 Å². The maximum absolute atomic E-state index is 13.3. The second kappa shape index (κ2) is 6.85. The lowest BCUT2D eigenvalue weighted by Gasteiger charge is -2.16. The Balaban J connectivity index is 1.87. The second-order valence-electron chi connectivity index (χ2n) is 4.17. The number of hydrogen-bond donors (Lipinski definition) is 0. The van der Waals surface area contributed by atoms with E-state index in [4.69, 9.17) is 4.74 Å². The number of carbonyl (C=O) groups excluding carboxylic acids is 1. The van der Waals surface area contributed by atoms with E-state index in [2.05, 4.69) is 15.9 Å². The fourth-order valence-electron chi connectivity index (χ4n) is 1.57. The summed E-state index contributed by atoms with van der Waals surface area (Å²) >= 11 is 4.95. The normalized spacial score (nSPS) is 10.3. The minimum atomic E-state index is -0.467. The van der Waals surface area contributed by atoms with E-state index in [-0.39, 0.29) is 18.3 Å². The van der Waals surface area contributed by atoms with Crippen molar-refractivity contribution in [3.05, 3.63) is 50.9 Å². The minimum Gasteiger partial charge on any atom is -0.481 e. The third kappa shape index (κ3) is 4.05. The van der Waals surface area contributed by atoms with E-state index in [9.17, 15) is 9.18 Å². The van der Waals surface area contributed by atoms with E-state index in [1.807, 2.05) is 12.1 Å². The van der Waals surface area contributed by atoms with Gasteiger partial charge in [0.1, 0.15) is 0 Å². The summed E-state index contributed by atoms with van der Waals surface area (Å²) < 4.78 is 19.6.